The number of aryl methyl sites for hydroxylation is 4. The summed E-state index contributed by atoms with van der Waals surface area (Å²) in [5, 5.41) is 8.75. The number of nitrogens with zero attached hydrogens (tertiary/aromatic N) is 7. The molecule has 0 bridgehead atoms. The summed E-state index contributed by atoms with van der Waals surface area (Å²) in [5.41, 5.74) is 5.07. The monoisotopic (exact) mass is 311 g/mol. The van der Waals surface area contributed by atoms with Crippen molar-refractivity contribution in [3.8, 4) is 11.3 Å². The molecule has 3 aromatic rings. The van der Waals surface area contributed by atoms with E-state index in [2.05, 4.69) is 20.2 Å². The Labute approximate surface area is 135 Å². The normalized spacial score (nSPS) is 11.0. The van der Waals surface area contributed by atoms with Crippen LogP contribution in [0.15, 0.2) is 24.7 Å². The highest BCUT2D eigenvalue weighted by atomic mass is 15.3. The van der Waals surface area contributed by atoms with Crippen LogP contribution in [-0.4, -0.2) is 36.6 Å². The van der Waals surface area contributed by atoms with Crippen LogP contribution in [0, 0.1) is 13.8 Å². The molecule has 23 heavy (non-hydrogen) atoms. The van der Waals surface area contributed by atoms with Crippen LogP contribution in [0.4, 0.5) is 5.95 Å². The molecule has 0 fully saturated rings. The standard InChI is InChI=1S/C16H21N7/c1-11-13(9-22(4)19-11)8-21(3)16-17-7-6-15(18-16)14-10-23(5)20-12(14)2/h6-7,9-10H,8H2,1-5H3. The highest BCUT2D eigenvalue weighted by molar-refractivity contribution is 5.61. The SMILES string of the molecule is Cc1nn(C)cc1CN(C)c1nccc(-c2cn(C)nc2C)n1. The zero-order valence-corrected chi connectivity index (χ0v) is 14.1. The van der Waals surface area contributed by atoms with Gasteiger partial charge in [-0.15, -0.1) is 0 Å². The molecule has 0 unspecified atom stereocenters. The van der Waals surface area contributed by atoms with Gasteiger partial charge in [0.25, 0.3) is 0 Å². The van der Waals surface area contributed by atoms with E-state index in [9.17, 15) is 0 Å². The van der Waals surface area contributed by atoms with Crippen molar-refractivity contribution >= 4 is 5.95 Å². The average molecular weight is 311 g/mol. The van der Waals surface area contributed by atoms with Gasteiger partial charge in [0.1, 0.15) is 0 Å². The molecule has 0 aliphatic rings. The molecule has 0 aliphatic carbocycles. The Morgan fingerprint density at radius 3 is 2.35 bits per heavy atom. The van der Waals surface area contributed by atoms with Crippen molar-refractivity contribution in [3.05, 3.63) is 41.6 Å². The van der Waals surface area contributed by atoms with E-state index in [1.807, 2.05) is 63.0 Å². The molecule has 0 saturated carbocycles. The lowest BCUT2D eigenvalue weighted by Gasteiger charge is -2.17. The Balaban J connectivity index is 1.87. The van der Waals surface area contributed by atoms with Crippen LogP contribution in [-0.2, 0) is 20.6 Å². The van der Waals surface area contributed by atoms with Gasteiger partial charge in [-0.05, 0) is 19.9 Å². The average Bonchev–Trinajstić information content (AvgIpc) is 3.00. The molecule has 7 heteroatoms. The smallest absolute Gasteiger partial charge is 0.225 e. The molecule has 0 saturated heterocycles. The molecular weight excluding hydrogens is 290 g/mol. The van der Waals surface area contributed by atoms with E-state index in [0.29, 0.717) is 5.95 Å². The largest absolute Gasteiger partial charge is 0.339 e. The maximum absolute atomic E-state index is 4.68. The lowest BCUT2D eigenvalue weighted by molar-refractivity contribution is 0.756. The van der Waals surface area contributed by atoms with Gasteiger partial charge in [0.2, 0.25) is 5.95 Å². The van der Waals surface area contributed by atoms with Crippen molar-refractivity contribution in [2.75, 3.05) is 11.9 Å². The summed E-state index contributed by atoms with van der Waals surface area (Å²) in [6.07, 6.45) is 5.80. The molecule has 120 valence electrons. The first kappa shape index (κ1) is 15.2. The molecule has 3 heterocycles. The Kier molecular flexibility index (Phi) is 3.85. The second-order valence-corrected chi connectivity index (χ2v) is 5.81. The molecule has 0 aromatic carbocycles. The van der Waals surface area contributed by atoms with Gasteiger partial charge in [0, 0.05) is 57.4 Å². The Morgan fingerprint density at radius 1 is 1.04 bits per heavy atom. The van der Waals surface area contributed by atoms with E-state index in [4.69, 9.17) is 0 Å². The summed E-state index contributed by atoms with van der Waals surface area (Å²) in [6.45, 7) is 4.72. The number of anilines is 1. The third-order valence-corrected chi connectivity index (χ3v) is 3.80. The molecular formula is C16H21N7. The Hall–Kier alpha value is -2.70. The van der Waals surface area contributed by atoms with Crippen LogP contribution in [0.1, 0.15) is 17.0 Å². The van der Waals surface area contributed by atoms with Crippen molar-refractivity contribution in [3.63, 3.8) is 0 Å². The highest BCUT2D eigenvalue weighted by Gasteiger charge is 2.13. The Bertz CT molecular complexity index is 831. The van der Waals surface area contributed by atoms with Gasteiger partial charge in [0.05, 0.1) is 17.1 Å². The van der Waals surface area contributed by atoms with E-state index in [-0.39, 0.29) is 0 Å². The van der Waals surface area contributed by atoms with Gasteiger partial charge in [0.15, 0.2) is 0 Å². The third-order valence-electron chi connectivity index (χ3n) is 3.80. The molecule has 0 atom stereocenters. The van der Waals surface area contributed by atoms with E-state index in [1.54, 1.807) is 10.9 Å². The molecule has 0 spiro atoms. The molecule has 0 amide bonds. The molecule has 0 radical (unpaired) electrons. The molecule has 3 rings (SSSR count). The first-order valence-electron chi connectivity index (χ1n) is 7.48. The summed E-state index contributed by atoms with van der Waals surface area (Å²) in [6, 6.07) is 1.91. The second-order valence-electron chi connectivity index (χ2n) is 5.81. The number of hydrogen-bond acceptors (Lipinski definition) is 5. The van der Waals surface area contributed by atoms with Gasteiger partial charge in [-0.1, -0.05) is 0 Å². The fourth-order valence-corrected chi connectivity index (χ4v) is 2.66. The van der Waals surface area contributed by atoms with Crippen molar-refractivity contribution in [1.82, 2.24) is 29.5 Å². The maximum atomic E-state index is 4.68. The maximum Gasteiger partial charge on any atom is 0.225 e. The van der Waals surface area contributed by atoms with E-state index in [0.717, 1.165) is 29.2 Å². The van der Waals surface area contributed by atoms with Crippen LogP contribution >= 0.6 is 0 Å². The number of aromatic nitrogens is 6. The lowest BCUT2D eigenvalue weighted by atomic mass is 10.2. The first-order chi connectivity index (χ1) is 10.9. The molecule has 0 aliphatic heterocycles. The zero-order valence-electron chi connectivity index (χ0n) is 14.1. The third kappa shape index (κ3) is 3.08. The quantitative estimate of drug-likeness (QED) is 0.736. The summed E-state index contributed by atoms with van der Waals surface area (Å²) in [7, 11) is 5.83. The summed E-state index contributed by atoms with van der Waals surface area (Å²) >= 11 is 0. The molecule has 3 aromatic heterocycles. The minimum Gasteiger partial charge on any atom is -0.339 e. The summed E-state index contributed by atoms with van der Waals surface area (Å²) < 4.78 is 3.63. The lowest BCUT2D eigenvalue weighted by Crippen LogP contribution is -2.19. The minimum atomic E-state index is 0.689. The van der Waals surface area contributed by atoms with Gasteiger partial charge in [-0.25, -0.2) is 9.97 Å². The van der Waals surface area contributed by atoms with E-state index >= 15 is 0 Å². The van der Waals surface area contributed by atoms with Crippen LogP contribution < -0.4 is 4.90 Å². The zero-order chi connectivity index (χ0) is 16.6. The Morgan fingerprint density at radius 2 is 1.74 bits per heavy atom. The van der Waals surface area contributed by atoms with Gasteiger partial charge in [-0.2, -0.15) is 10.2 Å². The number of hydrogen-bond donors (Lipinski definition) is 0. The first-order valence-corrected chi connectivity index (χ1v) is 7.48. The van der Waals surface area contributed by atoms with Crippen molar-refractivity contribution in [2.24, 2.45) is 14.1 Å². The van der Waals surface area contributed by atoms with E-state index in [1.165, 1.54) is 5.56 Å². The topological polar surface area (TPSA) is 64.7 Å². The summed E-state index contributed by atoms with van der Waals surface area (Å²) in [5.74, 6) is 0.689. The minimum absolute atomic E-state index is 0.689. The van der Waals surface area contributed by atoms with Crippen LogP contribution in [0.3, 0.4) is 0 Å². The molecule has 0 N–H and O–H groups in total. The second kappa shape index (κ2) is 5.83. The van der Waals surface area contributed by atoms with Crippen molar-refractivity contribution < 1.29 is 0 Å². The predicted octanol–water partition coefficient (Wildman–Crippen LogP) is 1.86. The van der Waals surface area contributed by atoms with E-state index < -0.39 is 0 Å². The fourth-order valence-electron chi connectivity index (χ4n) is 2.66. The summed E-state index contributed by atoms with van der Waals surface area (Å²) in [4.78, 5) is 11.1. The van der Waals surface area contributed by atoms with Gasteiger partial charge >= 0.3 is 0 Å². The highest BCUT2D eigenvalue weighted by Crippen LogP contribution is 2.22. The van der Waals surface area contributed by atoms with Crippen molar-refractivity contribution in [1.29, 1.82) is 0 Å². The van der Waals surface area contributed by atoms with Crippen LogP contribution in [0.5, 0.6) is 0 Å². The molecule has 7 nitrogen and oxygen atoms in total. The van der Waals surface area contributed by atoms with Crippen LogP contribution in [0.25, 0.3) is 11.3 Å². The van der Waals surface area contributed by atoms with Crippen LogP contribution in [0.2, 0.25) is 0 Å². The van der Waals surface area contributed by atoms with Crippen molar-refractivity contribution in [2.45, 2.75) is 20.4 Å². The predicted molar refractivity (Wildman–Crippen MR) is 89.0 cm³/mol. The van der Waals surface area contributed by atoms with Gasteiger partial charge < -0.3 is 4.90 Å². The fraction of sp³-hybridized carbons (Fsp3) is 0.375. The number of rotatable bonds is 4. The van der Waals surface area contributed by atoms with Gasteiger partial charge in [-0.3, -0.25) is 9.36 Å².